The van der Waals surface area contributed by atoms with Crippen LogP contribution >= 0.6 is 0 Å². The van der Waals surface area contributed by atoms with Gasteiger partial charge in [0.1, 0.15) is 0 Å². The normalized spacial score (nSPS) is 14.6. The third-order valence-electron chi connectivity index (χ3n) is 4.39. The molecule has 25 heavy (non-hydrogen) atoms. The Morgan fingerprint density at radius 3 is 2.92 bits per heavy atom. The van der Waals surface area contributed by atoms with Gasteiger partial charge in [0.25, 0.3) is 0 Å². The predicted molar refractivity (Wildman–Crippen MR) is 107 cm³/mol. The van der Waals surface area contributed by atoms with Crippen LogP contribution in [0.4, 0.5) is 5.69 Å². The monoisotopic (exact) mass is 346 g/mol. The second kappa shape index (κ2) is 10.3. The molecule has 1 aromatic carbocycles. The molecule has 1 aromatic rings. The molecule has 2 N–H and O–H groups in total. The maximum absolute atomic E-state index is 5.60. The first-order valence-electron chi connectivity index (χ1n) is 9.45. The van der Waals surface area contributed by atoms with Gasteiger partial charge in [-0.05, 0) is 42.4 Å². The Kier molecular flexibility index (Phi) is 8.06. The maximum Gasteiger partial charge on any atom is 0.191 e. The van der Waals surface area contributed by atoms with E-state index in [-0.39, 0.29) is 0 Å². The summed E-state index contributed by atoms with van der Waals surface area (Å²) in [4.78, 5) is 6.64. The minimum absolute atomic E-state index is 0.596. The van der Waals surface area contributed by atoms with Crippen molar-refractivity contribution >= 4 is 11.6 Å². The summed E-state index contributed by atoms with van der Waals surface area (Å²) in [6, 6.07) is 6.78. The molecular weight excluding hydrogens is 312 g/mol. The zero-order valence-electron chi connectivity index (χ0n) is 16.3. The number of nitrogens with zero attached hydrogens (tertiary/aromatic N) is 2. The van der Waals surface area contributed by atoms with E-state index in [1.165, 1.54) is 29.7 Å². The van der Waals surface area contributed by atoms with Gasteiger partial charge in [-0.15, -0.1) is 0 Å². The zero-order valence-corrected chi connectivity index (χ0v) is 16.3. The molecule has 2 rings (SSSR count). The molecule has 5 nitrogen and oxygen atoms in total. The number of aryl methyl sites for hydroxylation is 1. The second-order valence-electron chi connectivity index (χ2n) is 7.16. The number of hydrogen-bond donors (Lipinski definition) is 2. The summed E-state index contributed by atoms with van der Waals surface area (Å²) in [6.45, 7) is 8.78. The lowest BCUT2D eigenvalue weighted by molar-refractivity contribution is 0.108. The highest BCUT2D eigenvalue weighted by atomic mass is 16.5. The minimum atomic E-state index is 0.596. The van der Waals surface area contributed by atoms with Crippen molar-refractivity contribution in [3.63, 3.8) is 0 Å². The lowest BCUT2D eigenvalue weighted by Crippen LogP contribution is -2.37. The fraction of sp³-hybridized carbons (Fsp3) is 0.650. The van der Waals surface area contributed by atoms with Crippen LogP contribution in [0.15, 0.2) is 23.2 Å². The van der Waals surface area contributed by atoms with E-state index < -0.39 is 0 Å². The number of benzene rings is 1. The highest BCUT2D eigenvalue weighted by Crippen LogP contribution is 2.26. The number of aliphatic imine (C=N–C) groups is 1. The van der Waals surface area contributed by atoms with Gasteiger partial charge in [-0.25, -0.2) is 0 Å². The molecular formula is C20H34N4O. The number of nitrogens with one attached hydrogen (secondary N) is 2. The van der Waals surface area contributed by atoms with Crippen molar-refractivity contribution in [2.75, 3.05) is 45.3 Å². The van der Waals surface area contributed by atoms with Crippen LogP contribution in [-0.4, -0.2) is 46.4 Å². The fourth-order valence-corrected chi connectivity index (χ4v) is 3.06. The minimum Gasteiger partial charge on any atom is -0.381 e. The topological polar surface area (TPSA) is 48.9 Å². The van der Waals surface area contributed by atoms with Crippen LogP contribution in [0.5, 0.6) is 0 Å². The highest BCUT2D eigenvalue weighted by molar-refractivity contribution is 5.79. The van der Waals surface area contributed by atoms with Gasteiger partial charge in [0.05, 0.1) is 0 Å². The van der Waals surface area contributed by atoms with Gasteiger partial charge in [0.15, 0.2) is 5.96 Å². The predicted octanol–water partition coefficient (Wildman–Crippen LogP) is 2.80. The summed E-state index contributed by atoms with van der Waals surface area (Å²) < 4.78 is 5.60. The quantitative estimate of drug-likeness (QED) is 0.432. The third kappa shape index (κ3) is 6.58. The van der Waals surface area contributed by atoms with Crippen LogP contribution in [0.3, 0.4) is 0 Å². The Bertz CT molecular complexity index is 557. The number of guanidine groups is 1. The lowest BCUT2D eigenvalue weighted by atomic mass is 9.99. The van der Waals surface area contributed by atoms with Gasteiger partial charge in [-0.3, -0.25) is 4.99 Å². The van der Waals surface area contributed by atoms with Gasteiger partial charge in [-0.1, -0.05) is 26.0 Å². The fourth-order valence-electron chi connectivity index (χ4n) is 3.06. The van der Waals surface area contributed by atoms with E-state index >= 15 is 0 Å². The van der Waals surface area contributed by atoms with E-state index in [1.54, 1.807) is 0 Å². The van der Waals surface area contributed by atoms with Crippen LogP contribution in [0.2, 0.25) is 0 Å². The molecule has 0 fully saturated rings. The second-order valence-corrected chi connectivity index (χ2v) is 7.16. The summed E-state index contributed by atoms with van der Waals surface area (Å²) in [5.74, 6) is 1.44. The molecule has 0 aromatic heterocycles. The zero-order chi connectivity index (χ0) is 18.1. The van der Waals surface area contributed by atoms with Crippen LogP contribution in [0.1, 0.15) is 37.8 Å². The van der Waals surface area contributed by atoms with Crippen LogP contribution in [0.25, 0.3) is 0 Å². The lowest BCUT2D eigenvalue weighted by Gasteiger charge is -2.28. The number of rotatable bonds is 8. The van der Waals surface area contributed by atoms with E-state index in [0.717, 1.165) is 45.2 Å². The van der Waals surface area contributed by atoms with Crippen molar-refractivity contribution in [1.29, 1.82) is 0 Å². The Labute approximate surface area is 152 Å². The van der Waals surface area contributed by atoms with Crippen molar-refractivity contribution in [3.05, 3.63) is 29.3 Å². The molecule has 0 aliphatic carbocycles. The molecule has 0 atom stereocenters. The first-order valence-corrected chi connectivity index (χ1v) is 9.45. The van der Waals surface area contributed by atoms with Gasteiger partial charge < -0.3 is 20.3 Å². The number of hydrogen-bond acceptors (Lipinski definition) is 3. The Balaban J connectivity index is 1.72. The largest absolute Gasteiger partial charge is 0.381 e. The average Bonchev–Trinajstić information content (AvgIpc) is 2.60. The molecule has 1 heterocycles. The van der Waals surface area contributed by atoms with Crippen molar-refractivity contribution in [1.82, 2.24) is 10.6 Å². The van der Waals surface area contributed by atoms with Crippen molar-refractivity contribution < 1.29 is 4.74 Å². The summed E-state index contributed by atoms with van der Waals surface area (Å²) in [5.41, 5.74) is 4.13. The van der Waals surface area contributed by atoms with E-state index in [9.17, 15) is 0 Å². The molecule has 0 saturated carbocycles. The molecule has 0 saturated heterocycles. The highest BCUT2D eigenvalue weighted by Gasteiger charge is 2.13. The summed E-state index contributed by atoms with van der Waals surface area (Å²) in [5, 5.41) is 6.75. The molecule has 1 aliphatic rings. The summed E-state index contributed by atoms with van der Waals surface area (Å²) in [6.07, 6.45) is 3.40. The maximum atomic E-state index is 5.60. The smallest absolute Gasteiger partial charge is 0.191 e. The van der Waals surface area contributed by atoms with E-state index in [4.69, 9.17) is 4.74 Å². The molecule has 0 radical (unpaired) electrons. The van der Waals surface area contributed by atoms with Crippen LogP contribution in [0, 0.1) is 5.92 Å². The average molecular weight is 347 g/mol. The van der Waals surface area contributed by atoms with Crippen molar-refractivity contribution in [2.24, 2.45) is 10.9 Å². The number of fused-ring (bicyclic) bond motifs is 1. The summed E-state index contributed by atoms with van der Waals surface area (Å²) in [7, 11) is 3.99. The number of anilines is 1. The van der Waals surface area contributed by atoms with E-state index in [1.807, 2.05) is 7.05 Å². The van der Waals surface area contributed by atoms with Crippen LogP contribution < -0.4 is 15.5 Å². The Morgan fingerprint density at radius 1 is 1.32 bits per heavy atom. The summed E-state index contributed by atoms with van der Waals surface area (Å²) >= 11 is 0. The van der Waals surface area contributed by atoms with Crippen molar-refractivity contribution in [3.8, 4) is 0 Å². The SMILES string of the molecule is CN=C(NCCCOCC(C)C)NCc1ccc2c(c1)CCCN2C. The molecule has 140 valence electrons. The van der Waals surface area contributed by atoms with E-state index in [2.05, 4.69) is 59.6 Å². The van der Waals surface area contributed by atoms with Crippen LogP contribution in [-0.2, 0) is 17.7 Å². The molecule has 1 aliphatic heterocycles. The van der Waals surface area contributed by atoms with Crippen molar-refractivity contribution in [2.45, 2.75) is 39.7 Å². The molecule has 5 heteroatoms. The van der Waals surface area contributed by atoms with Gasteiger partial charge in [0.2, 0.25) is 0 Å². The Hall–Kier alpha value is -1.75. The first-order chi connectivity index (χ1) is 12.1. The molecule has 0 bridgehead atoms. The van der Waals surface area contributed by atoms with Gasteiger partial charge in [-0.2, -0.15) is 0 Å². The third-order valence-corrected chi connectivity index (χ3v) is 4.39. The molecule has 0 unspecified atom stereocenters. The Morgan fingerprint density at radius 2 is 2.16 bits per heavy atom. The number of ether oxygens (including phenoxy) is 1. The molecule has 0 spiro atoms. The first kappa shape index (κ1) is 19.6. The van der Waals surface area contributed by atoms with Gasteiger partial charge >= 0.3 is 0 Å². The standard InChI is InChI=1S/C20H34N4O/c1-16(2)15-25-12-6-10-22-20(21-3)23-14-17-8-9-19-18(13-17)7-5-11-24(19)4/h8-9,13,16H,5-7,10-12,14-15H2,1-4H3,(H2,21,22,23). The van der Waals surface area contributed by atoms with Gasteiger partial charge in [0, 0.05) is 52.6 Å². The molecule has 0 amide bonds. The van der Waals surface area contributed by atoms with E-state index in [0.29, 0.717) is 5.92 Å².